The number of carbonyl (C=O) groups is 1. The molecule has 5 heteroatoms. The van der Waals surface area contributed by atoms with Gasteiger partial charge >= 0.3 is 0 Å². The Morgan fingerprint density at radius 2 is 2.33 bits per heavy atom. The SMILES string of the molecule is Cc1nc2ccc(NC(=O)C3(C#N)CC3)cc2o1. The number of nitriles is 1. The fraction of sp³-hybridized carbons (Fsp3) is 0.308. The Kier molecular flexibility index (Phi) is 2.14. The maximum absolute atomic E-state index is 11.9. The summed E-state index contributed by atoms with van der Waals surface area (Å²) < 4.78 is 5.39. The summed E-state index contributed by atoms with van der Waals surface area (Å²) in [6.07, 6.45) is 1.28. The molecule has 0 atom stereocenters. The first kappa shape index (κ1) is 10.8. The van der Waals surface area contributed by atoms with Gasteiger partial charge in [0.25, 0.3) is 0 Å². The Bertz CT molecular complexity index is 677. The Morgan fingerprint density at radius 1 is 1.56 bits per heavy atom. The van der Waals surface area contributed by atoms with E-state index in [9.17, 15) is 4.79 Å². The molecule has 1 aromatic heterocycles. The van der Waals surface area contributed by atoms with Gasteiger partial charge in [-0.15, -0.1) is 0 Å². The van der Waals surface area contributed by atoms with Gasteiger partial charge in [-0.25, -0.2) is 4.98 Å². The first-order valence-corrected chi connectivity index (χ1v) is 5.73. The zero-order valence-corrected chi connectivity index (χ0v) is 9.86. The number of hydrogen-bond acceptors (Lipinski definition) is 4. The summed E-state index contributed by atoms with van der Waals surface area (Å²) in [5.41, 5.74) is 1.20. The molecule has 0 saturated heterocycles. The average molecular weight is 241 g/mol. The zero-order chi connectivity index (χ0) is 12.8. The van der Waals surface area contributed by atoms with Crippen LogP contribution < -0.4 is 5.32 Å². The van der Waals surface area contributed by atoms with E-state index in [4.69, 9.17) is 9.68 Å². The van der Waals surface area contributed by atoms with Crippen molar-refractivity contribution in [3.05, 3.63) is 24.1 Å². The van der Waals surface area contributed by atoms with Crippen molar-refractivity contribution in [3.63, 3.8) is 0 Å². The minimum atomic E-state index is -0.813. The van der Waals surface area contributed by atoms with Gasteiger partial charge in [0.2, 0.25) is 5.91 Å². The molecule has 1 heterocycles. The van der Waals surface area contributed by atoms with Crippen LogP contribution in [0.25, 0.3) is 11.1 Å². The van der Waals surface area contributed by atoms with Gasteiger partial charge < -0.3 is 9.73 Å². The molecule has 90 valence electrons. The number of benzene rings is 1. The number of carbonyl (C=O) groups excluding carboxylic acids is 1. The van der Waals surface area contributed by atoms with Crippen LogP contribution in [-0.4, -0.2) is 10.9 Å². The lowest BCUT2D eigenvalue weighted by molar-refractivity contribution is -0.119. The van der Waals surface area contributed by atoms with Crippen molar-refractivity contribution in [2.75, 3.05) is 5.32 Å². The van der Waals surface area contributed by atoms with Crippen molar-refractivity contribution in [1.82, 2.24) is 4.98 Å². The highest BCUT2D eigenvalue weighted by Crippen LogP contribution is 2.45. The fourth-order valence-electron chi connectivity index (χ4n) is 1.88. The van der Waals surface area contributed by atoms with Crippen molar-refractivity contribution in [2.45, 2.75) is 19.8 Å². The van der Waals surface area contributed by atoms with Crippen LogP contribution in [-0.2, 0) is 4.79 Å². The van der Waals surface area contributed by atoms with Crippen LogP contribution in [0.5, 0.6) is 0 Å². The van der Waals surface area contributed by atoms with E-state index in [0.29, 0.717) is 30.0 Å². The second-order valence-electron chi connectivity index (χ2n) is 4.56. The molecule has 0 aliphatic heterocycles. The molecule has 1 aliphatic rings. The highest BCUT2D eigenvalue weighted by molar-refractivity contribution is 6.00. The third-order valence-electron chi connectivity index (χ3n) is 3.15. The quantitative estimate of drug-likeness (QED) is 0.875. The molecular formula is C13H11N3O2. The van der Waals surface area contributed by atoms with E-state index in [1.165, 1.54) is 0 Å². The largest absolute Gasteiger partial charge is 0.441 e. The number of nitrogens with zero attached hydrogens (tertiary/aromatic N) is 2. The smallest absolute Gasteiger partial charge is 0.244 e. The number of amides is 1. The molecule has 1 aliphatic carbocycles. The zero-order valence-electron chi connectivity index (χ0n) is 9.86. The molecular weight excluding hydrogens is 230 g/mol. The van der Waals surface area contributed by atoms with Crippen LogP contribution in [0.2, 0.25) is 0 Å². The summed E-state index contributed by atoms with van der Waals surface area (Å²) >= 11 is 0. The van der Waals surface area contributed by atoms with E-state index >= 15 is 0 Å². The maximum atomic E-state index is 11.9. The minimum absolute atomic E-state index is 0.236. The summed E-state index contributed by atoms with van der Waals surface area (Å²) in [6, 6.07) is 7.33. The van der Waals surface area contributed by atoms with E-state index in [2.05, 4.69) is 16.4 Å². The summed E-state index contributed by atoms with van der Waals surface area (Å²) in [6.45, 7) is 1.77. The first-order valence-electron chi connectivity index (χ1n) is 5.73. The molecule has 1 N–H and O–H groups in total. The van der Waals surface area contributed by atoms with Crippen LogP contribution in [0.4, 0.5) is 5.69 Å². The first-order chi connectivity index (χ1) is 8.63. The predicted octanol–water partition coefficient (Wildman–Crippen LogP) is 2.38. The molecule has 3 rings (SSSR count). The Labute approximate surface area is 103 Å². The predicted molar refractivity (Wildman–Crippen MR) is 64.7 cm³/mol. The van der Waals surface area contributed by atoms with Gasteiger partial charge in [0.1, 0.15) is 10.9 Å². The maximum Gasteiger partial charge on any atom is 0.244 e. The minimum Gasteiger partial charge on any atom is -0.441 e. The van der Waals surface area contributed by atoms with E-state index in [1.54, 1.807) is 25.1 Å². The number of rotatable bonds is 2. The molecule has 0 spiro atoms. The van der Waals surface area contributed by atoms with Crippen LogP contribution in [0, 0.1) is 23.7 Å². The van der Waals surface area contributed by atoms with Crippen molar-refractivity contribution in [3.8, 4) is 6.07 Å². The number of aromatic nitrogens is 1. The number of fused-ring (bicyclic) bond motifs is 1. The topological polar surface area (TPSA) is 78.9 Å². The van der Waals surface area contributed by atoms with Crippen LogP contribution in [0.3, 0.4) is 0 Å². The number of oxazole rings is 1. The lowest BCUT2D eigenvalue weighted by atomic mass is 10.1. The molecule has 0 radical (unpaired) electrons. The average Bonchev–Trinajstić information content (AvgIpc) is 3.06. The van der Waals surface area contributed by atoms with Crippen molar-refractivity contribution >= 4 is 22.7 Å². The third kappa shape index (κ3) is 1.63. The molecule has 18 heavy (non-hydrogen) atoms. The van der Waals surface area contributed by atoms with Gasteiger partial charge in [0.15, 0.2) is 11.5 Å². The Hall–Kier alpha value is -2.35. The Balaban J connectivity index is 1.87. The third-order valence-corrected chi connectivity index (χ3v) is 3.15. The van der Waals surface area contributed by atoms with Gasteiger partial charge in [-0.2, -0.15) is 5.26 Å². The molecule has 1 saturated carbocycles. The van der Waals surface area contributed by atoms with E-state index in [0.717, 1.165) is 5.52 Å². The van der Waals surface area contributed by atoms with Crippen molar-refractivity contribution in [1.29, 1.82) is 5.26 Å². The van der Waals surface area contributed by atoms with Gasteiger partial charge in [0, 0.05) is 18.7 Å². The molecule has 1 amide bonds. The monoisotopic (exact) mass is 241 g/mol. The van der Waals surface area contributed by atoms with Crippen molar-refractivity contribution < 1.29 is 9.21 Å². The number of aryl methyl sites for hydroxylation is 1. The molecule has 5 nitrogen and oxygen atoms in total. The highest BCUT2D eigenvalue weighted by atomic mass is 16.3. The number of anilines is 1. The highest BCUT2D eigenvalue weighted by Gasteiger charge is 2.50. The summed E-state index contributed by atoms with van der Waals surface area (Å²) in [7, 11) is 0. The normalized spacial score (nSPS) is 16.2. The standard InChI is InChI=1S/C13H11N3O2/c1-8-15-10-3-2-9(6-11(10)18-8)16-12(17)13(7-14)4-5-13/h2-3,6H,4-5H2,1H3,(H,16,17). The van der Waals surface area contributed by atoms with Gasteiger partial charge in [-0.05, 0) is 25.0 Å². The molecule has 0 bridgehead atoms. The summed E-state index contributed by atoms with van der Waals surface area (Å²) in [5.74, 6) is 0.352. The molecule has 2 aromatic rings. The molecule has 0 unspecified atom stereocenters. The van der Waals surface area contributed by atoms with E-state index in [1.807, 2.05) is 0 Å². The van der Waals surface area contributed by atoms with E-state index in [-0.39, 0.29) is 5.91 Å². The summed E-state index contributed by atoms with van der Waals surface area (Å²) in [4.78, 5) is 16.1. The van der Waals surface area contributed by atoms with Crippen LogP contribution in [0.1, 0.15) is 18.7 Å². The van der Waals surface area contributed by atoms with Crippen LogP contribution >= 0.6 is 0 Å². The molecule has 1 aromatic carbocycles. The van der Waals surface area contributed by atoms with Gasteiger partial charge in [0.05, 0.1) is 6.07 Å². The second kappa shape index (κ2) is 3.57. The Morgan fingerprint density at radius 3 is 3.00 bits per heavy atom. The van der Waals surface area contributed by atoms with Gasteiger partial charge in [-0.1, -0.05) is 0 Å². The summed E-state index contributed by atoms with van der Waals surface area (Å²) in [5, 5.41) is 11.7. The number of nitrogens with one attached hydrogen (secondary N) is 1. The second-order valence-corrected chi connectivity index (χ2v) is 4.56. The molecule has 1 fully saturated rings. The van der Waals surface area contributed by atoms with Crippen LogP contribution in [0.15, 0.2) is 22.6 Å². The lowest BCUT2D eigenvalue weighted by Gasteiger charge is -2.07. The van der Waals surface area contributed by atoms with Crippen molar-refractivity contribution in [2.24, 2.45) is 5.41 Å². The fourth-order valence-corrected chi connectivity index (χ4v) is 1.88. The lowest BCUT2D eigenvalue weighted by Crippen LogP contribution is -2.22. The number of hydrogen-bond donors (Lipinski definition) is 1. The van der Waals surface area contributed by atoms with E-state index < -0.39 is 5.41 Å². The van der Waals surface area contributed by atoms with Gasteiger partial charge in [-0.3, -0.25) is 4.79 Å².